The molecule has 3 N–H and O–H groups in total. The van der Waals surface area contributed by atoms with Crippen molar-refractivity contribution in [2.24, 2.45) is 22.7 Å². The lowest BCUT2D eigenvalue weighted by molar-refractivity contribution is -0.156. The van der Waals surface area contributed by atoms with Gasteiger partial charge in [0.25, 0.3) is 5.91 Å². The van der Waals surface area contributed by atoms with Gasteiger partial charge in [0.1, 0.15) is 24.7 Å². The molecule has 0 radical (unpaired) electrons. The highest BCUT2D eigenvalue weighted by molar-refractivity contribution is 5.95. The number of methoxy groups -OCH3 is 1. The number of aromatic nitrogens is 2. The van der Waals surface area contributed by atoms with Crippen LogP contribution in [0, 0.1) is 22.7 Å². The Hall–Kier alpha value is -5.06. The largest absolute Gasteiger partial charge is 0.464 e. The Morgan fingerprint density at radius 2 is 1.69 bits per heavy atom. The number of hydrazine groups is 1. The maximum atomic E-state index is 15.3. The van der Waals surface area contributed by atoms with Crippen LogP contribution < -0.4 is 25.9 Å². The number of nitrogens with one attached hydrogen (secondary N) is 3. The Kier molecular flexibility index (Phi) is 15.6. The quantitative estimate of drug-likeness (QED) is 0.138. The van der Waals surface area contributed by atoms with Crippen molar-refractivity contribution in [1.82, 2.24) is 45.3 Å². The molecule has 10 aliphatic rings. The average Bonchev–Trinajstić information content (AvgIpc) is 3.54. The van der Waals surface area contributed by atoms with E-state index in [1.54, 1.807) is 13.2 Å². The lowest BCUT2D eigenvalue weighted by atomic mass is 9.84. The third kappa shape index (κ3) is 12.0. The van der Waals surface area contributed by atoms with Gasteiger partial charge in [0, 0.05) is 124 Å². The summed E-state index contributed by atoms with van der Waals surface area (Å²) in [5, 5.41) is 8.91. The van der Waals surface area contributed by atoms with E-state index in [1.165, 1.54) is 35.3 Å². The lowest BCUT2D eigenvalue weighted by Gasteiger charge is -2.39. The average molecular weight is 1150 g/mol. The van der Waals surface area contributed by atoms with E-state index in [0.29, 0.717) is 104 Å². The zero-order chi connectivity index (χ0) is 57.5. The van der Waals surface area contributed by atoms with Gasteiger partial charge in [-0.3, -0.25) is 44.3 Å². The molecule has 7 aliphatic heterocycles. The molecule has 9 fully saturated rings. The van der Waals surface area contributed by atoms with E-state index < -0.39 is 54.4 Å². The fourth-order valence-electron chi connectivity index (χ4n) is 15.6. The molecule has 3 aliphatic carbocycles. The first-order valence-electron chi connectivity index (χ1n) is 31.3. The first-order chi connectivity index (χ1) is 39.9. The minimum absolute atomic E-state index is 0.0506. The number of carbonyl (C=O) groups excluding carboxylic acids is 4. The molecule has 18 nitrogen and oxygen atoms in total. The van der Waals surface area contributed by atoms with Crippen molar-refractivity contribution in [1.29, 1.82) is 0 Å². The molecule has 8 atom stereocenters. The summed E-state index contributed by atoms with van der Waals surface area (Å²) in [6, 6.07) is 6.24. The number of rotatable bonds is 12. The molecule has 3 aromatic rings. The van der Waals surface area contributed by atoms with E-state index in [-0.39, 0.29) is 54.5 Å². The number of benzene rings is 1. The number of nitrogens with zero attached hydrogens (tertiary/aromatic N) is 8. The van der Waals surface area contributed by atoms with E-state index >= 15 is 22.8 Å². The van der Waals surface area contributed by atoms with E-state index in [0.717, 1.165) is 89.2 Å². The van der Waals surface area contributed by atoms with Crippen LogP contribution in [0.1, 0.15) is 122 Å². The number of carbonyl (C=O) groups is 4. The van der Waals surface area contributed by atoms with Crippen LogP contribution in [0.15, 0.2) is 30.5 Å². The van der Waals surface area contributed by atoms with Crippen molar-refractivity contribution in [3.05, 3.63) is 41.7 Å². The maximum absolute atomic E-state index is 15.3. The third-order valence-corrected chi connectivity index (χ3v) is 20.5. The zero-order valence-corrected chi connectivity index (χ0v) is 49.0. The molecule has 13 rings (SSSR count). The van der Waals surface area contributed by atoms with Gasteiger partial charge in [0.2, 0.25) is 11.8 Å². The highest BCUT2D eigenvalue weighted by Crippen LogP contribution is 2.47. The molecule has 6 saturated heterocycles. The summed E-state index contributed by atoms with van der Waals surface area (Å²) >= 11 is 0. The van der Waals surface area contributed by atoms with E-state index in [2.05, 4.69) is 40.6 Å². The summed E-state index contributed by atoms with van der Waals surface area (Å²) < 4.78 is 65.8. The highest BCUT2D eigenvalue weighted by atomic mass is 19.4. The van der Waals surface area contributed by atoms with Crippen LogP contribution in [0.4, 0.5) is 24.5 Å². The van der Waals surface area contributed by atoms with Crippen molar-refractivity contribution in [3.8, 4) is 11.3 Å². The van der Waals surface area contributed by atoms with Gasteiger partial charge < -0.3 is 38.8 Å². The number of fused-ring (bicyclic) bond motifs is 6. The standard InChI is InChI=1S/C62H86F3N11O7/c1-38(81-4)51-46(29-43(32-66-51)71-24-22-70(23-25-71)41-13-14-41)55-47-31-60(2,3)37-83-59(80)48-10-7-19-76(69-48)57(78)49(30-44-33-72(26-27-82-44)42-15-16-50(45(47)28-42)75(55)36-62(63,64)65)67-56(77)54(40-8-5-6-9-40)73-20-17-61(34-73)18-21-74(35-61)58(79)53-52(68-53)39-11-12-39/h15-16,28-29,32,38-41,44,48-49,52-54,68-69H,5-14,17-27,30-31,33-37H2,1-4H3,(H,67,77)/t38-,44-,48-,49-,52?,53+,54?,61-/m0/s1. The predicted molar refractivity (Wildman–Crippen MR) is 307 cm³/mol. The third-order valence-electron chi connectivity index (χ3n) is 20.5. The Bertz CT molecular complexity index is 2940. The van der Waals surface area contributed by atoms with Gasteiger partial charge in [0.05, 0.1) is 54.7 Å². The van der Waals surface area contributed by atoms with E-state index in [9.17, 15) is 9.59 Å². The molecule has 1 spiro atoms. The van der Waals surface area contributed by atoms with Crippen molar-refractivity contribution in [3.63, 3.8) is 0 Å². The molecule has 2 aromatic heterocycles. The first kappa shape index (κ1) is 57.0. The van der Waals surface area contributed by atoms with Gasteiger partial charge >= 0.3 is 12.1 Å². The number of anilines is 2. The van der Waals surface area contributed by atoms with Gasteiger partial charge in [-0.1, -0.05) is 26.7 Å². The second kappa shape index (κ2) is 22.7. The van der Waals surface area contributed by atoms with Gasteiger partial charge in [-0.05, 0) is 126 Å². The summed E-state index contributed by atoms with van der Waals surface area (Å²) in [5.41, 5.74) is 6.56. The number of pyridine rings is 1. The van der Waals surface area contributed by atoms with Crippen molar-refractivity contribution in [2.75, 3.05) is 102 Å². The van der Waals surface area contributed by atoms with E-state index in [4.69, 9.17) is 19.2 Å². The number of halogens is 3. The molecule has 9 heterocycles. The Labute approximate surface area is 485 Å². The topological polar surface area (TPSA) is 179 Å². The van der Waals surface area contributed by atoms with Crippen LogP contribution >= 0.6 is 0 Å². The molecular weight excluding hydrogens is 1070 g/mol. The lowest BCUT2D eigenvalue weighted by Crippen LogP contribution is -2.62. The fraction of sp³-hybridized carbons (Fsp3) is 0.726. The minimum atomic E-state index is -4.59. The molecule has 1 aromatic carbocycles. The summed E-state index contributed by atoms with van der Waals surface area (Å²) in [4.78, 5) is 74.9. The summed E-state index contributed by atoms with van der Waals surface area (Å²) in [6.07, 6.45) is 8.01. The van der Waals surface area contributed by atoms with E-state index in [1.807, 2.05) is 45.2 Å². The number of esters is 1. The SMILES string of the molecule is CO[C@@H](C)c1ncc(N2CCN(C3CC3)CC2)cc1-c1c2c3cc(ccc3n1CC(F)(F)F)N1CCO[C@@H](C[C@H](NC(=O)C(C3CCCC3)N3CC[C@]4(CCN(C(=O)[C@@H]5NC5C5CC5)C4)C3)C(=O)N3CCC[C@H](N3)C(=O)OCC(C)(C)C2)C1. The molecule has 6 bridgehead atoms. The zero-order valence-electron chi connectivity index (χ0n) is 49.0. The number of piperazine rings is 1. The normalized spacial score (nSPS) is 30.3. The summed E-state index contributed by atoms with van der Waals surface area (Å²) in [7, 11) is 1.58. The van der Waals surface area contributed by atoms with Crippen LogP contribution in [-0.2, 0) is 46.4 Å². The van der Waals surface area contributed by atoms with Crippen LogP contribution in [0.2, 0.25) is 0 Å². The van der Waals surface area contributed by atoms with Gasteiger partial charge in [-0.2, -0.15) is 13.2 Å². The summed E-state index contributed by atoms with van der Waals surface area (Å²) in [6.45, 7) is 12.2. The van der Waals surface area contributed by atoms with Gasteiger partial charge in [-0.25, -0.2) is 5.43 Å². The van der Waals surface area contributed by atoms with Crippen molar-refractivity contribution < 1.29 is 46.6 Å². The number of cyclic esters (lactones) is 1. The molecule has 83 heavy (non-hydrogen) atoms. The number of likely N-dealkylation sites (tertiary alicyclic amines) is 2. The number of ether oxygens (including phenoxy) is 3. The van der Waals surface area contributed by atoms with Crippen LogP contribution in [-0.4, -0.2) is 194 Å². The Balaban J connectivity index is 0.827. The maximum Gasteiger partial charge on any atom is 0.406 e. The molecular formula is C62H86F3N11O7. The monoisotopic (exact) mass is 1150 g/mol. The van der Waals surface area contributed by atoms with Crippen molar-refractivity contribution in [2.45, 2.75) is 172 Å². The Morgan fingerprint density at radius 3 is 2.43 bits per heavy atom. The fourth-order valence-corrected chi connectivity index (χ4v) is 15.6. The van der Waals surface area contributed by atoms with Gasteiger partial charge in [-0.15, -0.1) is 0 Å². The number of alkyl halides is 3. The van der Waals surface area contributed by atoms with Crippen LogP contribution in [0.3, 0.4) is 0 Å². The second-order valence-corrected chi connectivity index (χ2v) is 27.2. The summed E-state index contributed by atoms with van der Waals surface area (Å²) in [5.74, 6) is -0.110. The smallest absolute Gasteiger partial charge is 0.406 e. The highest BCUT2D eigenvalue weighted by Gasteiger charge is 2.55. The van der Waals surface area contributed by atoms with Crippen LogP contribution in [0.25, 0.3) is 22.2 Å². The molecule has 3 saturated carbocycles. The molecule has 3 amide bonds. The van der Waals surface area contributed by atoms with Crippen LogP contribution in [0.5, 0.6) is 0 Å². The first-order valence-corrected chi connectivity index (χ1v) is 31.3. The molecule has 452 valence electrons. The Morgan fingerprint density at radius 1 is 0.904 bits per heavy atom. The number of hydrogen-bond acceptors (Lipinski definition) is 14. The number of morpholine rings is 1. The molecule has 2 unspecified atom stereocenters. The number of hydrogen-bond donors (Lipinski definition) is 3. The van der Waals surface area contributed by atoms with Gasteiger partial charge in [0.15, 0.2) is 0 Å². The molecule has 21 heteroatoms. The second-order valence-electron chi connectivity index (χ2n) is 27.2. The number of amides is 3. The minimum Gasteiger partial charge on any atom is -0.464 e. The predicted octanol–water partition coefficient (Wildman–Crippen LogP) is 6.19. The van der Waals surface area contributed by atoms with Crippen molar-refractivity contribution >= 4 is 46.0 Å².